The molecular formula is C13H25N5O2. The summed E-state index contributed by atoms with van der Waals surface area (Å²) in [5.74, 6) is 0.502. The minimum Gasteiger partial charge on any atom is -0.364 e. The maximum atomic E-state index is 11.2. The summed E-state index contributed by atoms with van der Waals surface area (Å²) in [7, 11) is 4.04. The van der Waals surface area contributed by atoms with Crippen molar-refractivity contribution in [2.24, 2.45) is 5.41 Å². The molecule has 0 spiro atoms. The lowest BCUT2D eigenvalue weighted by Gasteiger charge is -2.28. The number of nitrogens with zero attached hydrogens (tertiary/aromatic N) is 4. The first-order chi connectivity index (χ1) is 9.18. The van der Waals surface area contributed by atoms with E-state index >= 15 is 0 Å². The average molecular weight is 283 g/mol. The molecule has 7 nitrogen and oxygen atoms in total. The Labute approximate surface area is 120 Å². The highest BCUT2D eigenvalue weighted by Gasteiger charge is 2.27. The van der Waals surface area contributed by atoms with Crippen LogP contribution in [-0.2, 0) is 6.54 Å². The van der Waals surface area contributed by atoms with E-state index in [2.05, 4.69) is 29.2 Å². The molecule has 0 aliphatic rings. The van der Waals surface area contributed by atoms with Gasteiger partial charge in [-0.05, 0) is 33.4 Å². The second-order valence-corrected chi connectivity index (χ2v) is 6.11. The quantitative estimate of drug-likeness (QED) is 0.612. The van der Waals surface area contributed by atoms with Crippen molar-refractivity contribution in [2.75, 3.05) is 32.5 Å². The van der Waals surface area contributed by atoms with E-state index in [1.807, 2.05) is 21.0 Å². The zero-order valence-corrected chi connectivity index (χ0v) is 13.2. The van der Waals surface area contributed by atoms with Crippen LogP contribution < -0.4 is 5.32 Å². The highest BCUT2D eigenvalue weighted by atomic mass is 16.6. The molecule has 1 N–H and O–H groups in total. The highest BCUT2D eigenvalue weighted by molar-refractivity contribution is 5.59. The molecule has 0 unspecified atom stereocenters. The maximum absolute atomic E-state index is 11.2. The number of hydrogen-bond donors (Lipinski definition) is 1. The molecule has 1 heterocycles. The van der Waals surface area contributed by atoms with Crippen LogP contribution in [-0.4, -0.2) is 46.8 Å². The summed E-state index contributed by atoms with van der Waals surface area (Å²) in [5.41, 5.74) is 0.533. The molecule has 0 fully saturated rings. The summed E-state index contributed by atoms with van der Waals surface area (Å²) in [6, 6.07) is 0. The minimum absolute atomic E-state index is 0.00805. The van der Waals surface area contributed by atoms with E-state index in [0.717, 1.165) is 6.54 Å². The summed E-state index contributed by atoms with van der Waals surface area (Å²) in [6.45, 7) is 10.00. The van der Waals surface area contributed by atoms with Crippen LogP contribution in [0.15, 0.2) is 0 Å². The highest BCUT2D eigenvalue weighted by Crippen LogP contribution is 2.29. The molecule has 0 bridgehead atoms. The smallest absolute Gasteiger partial charge is 0.333 e. The number of aryl methyl sites for hydroxylation is 2. The molecule has 1 aromatic heterocycles. The number of anilines is 1. The lowest BCUT2D eigenvalue weighted by molar-refractivity contribution is -0.384. The molecule has 0 saturated carbocycles. The van der Waals surface area contributed by atoms with Gasteiger partial charge in [0.2, 0.25) is 5.82 Å². The molecule has 1 rings (SSSR count). The molecule has 1 aromatic rings. The number of nitro groups is 1. The van der Waals surface area contributed by atoms with E-state index in [1.165, 1.54) is 0 Å². The molecule has 0 aromatic carbocycles. The van der Waals surface area contributed by atoms with Crippen molar-refractivity contribution in [3.05, 3.63) is 15.8 Å². The third kappa shape index (κ3) is 3.93. The Morgan fingerprint density at radius 1 is 1.45 bits per heavy atom. The normalized spacial score (nSPS) is 11.9. The van der Waals surface area contributed by atoms with Crippen LogP contribution in [0, 0.1) is 22.5 Å². The van der Waals surface area contributed by atoms with Gasteiger partial charge in [-0.3, -0.25) is 10.1 Å². The van der Waals surface area contributed by atoms with E-state index in [4.69, 9.17) is 0 Å². The van der Waals surface area contributed by atoms with Crippen molar-refractivity contribution in [1.29, 1.82) is 0 Å². The van der Waals surface area contributed by atoms with Gasteiger partial charge in [-0.15, -0.1) is 0 Å². The third-order valence-corrected chi connectivity index (χ3v) is 3.06. The van der Waals surface area contributed by atoms with Crippen LogP contribution in [0.3, 0.4) is 0 Å². The Balaban J connectivity index is 2.94. The molecule has 0 radical (unpaired) electrons. The van der Waals surface area contributed by atoms with Crippen LogP contribution in [0.4, 0.5) is 11.5 Å². The molecule has 0 saturated heterocycles. The topological polar surface area (TPSA) is 76.2 Å². The van der Waals surface area contributed by atoms with Gasteiger partial charge >= 0.3 is 5.69 Å². The van der Waals surface area contributed by atoms with Crippen molar-refractivity contribution >= 4 is 11.5 Å². The van der Waals surface area contributed by atoms with Gasteiger partial charge in [0.05, 0.1) is 4.92 Å². The van der Waals surface area contributed by atoms with Crippen LogP contribution >= 0.6 is 0 Å². The van der Waals surface area contributed by atoms with E-state index in [9.17, 15) is 10.1 Å². The molecule has 0 aliphatic carbocycles. The van der Waals surface area contributed by atoms with Crippen LogP contribution in [0.1, 0.15) is 26.5 Å². The lowest BCUT2D eigenvalue weighted by Crippen LogP contribution is -2.34. The Hall–Kier alpha value is -1.63. The fourth-order valence-electron chi connectivity index (χ4n) is 2.43. The van der Waals surface area contributed by atoms with E-state index in [0.29, 0.717) is 24.6 Å². The molecule has 0 atom stereocenters. The summed E-state index contributed by atoms with van der Waals surface area (Å²) < 4.78 is 1.65. The predicted octanol–water partition coefficient (Wildman–Crippen LogP) is 2.12. The zero-order chi connectivity index (χ0) is 15.5. The zero-order valence-electron chi connectivity index (χ0n) is 13.2. The molecular weight excluding hydrogens is 258 g/mol. The summed E-state index contributed by atoms with van der Waals surface area (Å²) >= 11 is 0. The molecule has 7 heteroatoms. The first-order valence-electron chi connectivity index (χ1n) is 6.78. The number of aromatic nitrogens is 2. The molecule has 0 aliphatic heterocycles. The molecule has 114 valence electrons. The monoisotopic (exact) mass is 283 g/mol. The number of nitrogens with one attached hydrogen (secondary N) is 1. The largest absolute Gasteiger partial charge is 0.364 e. The number of rotatable bonds is 7. The van der Waals surface area contributed by atoms with Gasteiger partial charge in [0.25, 0.3) is 0 Å². The summed E-state index contributed by atoms with van der Waals surface area (Å²) in [5, 5.41) is 18.6. The Bertz CT molecular complexity index is 479. The fraction of sp³-hybridized carbons (Fsp3) is 0.769. The van der Waals surface area contributed by atoms with Gasteiger partial charge in [0.15, 0.2) is 0 Å². The van der Waals surface area contributed by atoms with Crippen LogP contribution in [0.25, 0.3) is 0 Å². The van der Waals surface area contributed by atoms with Gasteiger partial charge in [-0.2, -0.15) is 5.10 Å². The van der Waals surface area contributed by atoms with Crippen molar-refractivity contribution in [2.45, 2.75) is 34.2 Å². The van der Waals surface area contributed by atoms with Crippen molar-refractivity contribution in [1.82, 2.24) is 14.7 Å². The van der Waals surface area contributed by atoms with Gasteiger partial charge in [-0.1, -0.05) is 13.8 Å². The van der Waals surface area contributed by atoms with Crippen molar-refractivity contribution in [3.63, 3.8) is 0 Å². The van der Waals surface area contributed by atoms with Gasteiger partial charge in [-0.25, -0.2) is 4.68 Å². The van der Waals surface area contributed by atoms with Crippen molar-refractivity contribution in [3.8, 4) is 0 Å². The molecule has 0 amide bonds. The second-order valence-electron chi connectivity index (χ2n) is 6.11. The average Bonchev–Trinajstić information content (AvgIpc) is 2.61. The van der Waals surface area contributed by atoms with E-state index in [1.54, 1.807) is 11.6 Å². The Kier molecular flexibility index (Phi) is 5.10. The minimum atomic E-state index is -0.365. The first-order valence-corrected chi connectivity index (χ1v) is 6.78. The van der Waals surface area contributed by atoms with E-state index in [-0.39, 0.29) is 16.0 Å². The Morgan fingerprint density at radius 2 is 2.05 bits per heavy atom. The summed E-state index contributed by atoms with van der Waals surface area (Å²) in [4.78, 5) is 12.9. The predicted molar refractivity (Wildman–Crippen MR) is 80.1 cm³/mol. The van der Waals surface area contributed by atoms with Gasteiger partial charge in [0, 0.05) is 19.6 Å². The van der Waals surface area contributed by atoms with Gasteiger partial charge in [0.1, 0.15) is 5.69 Å². The van der Waals surface area contributed by atoms with Crippen LogP contribution in [0.2, 0.25) is 0 Å². The fourth-order valence-corrected chi connectivity index (χ4v) is 2.43. The SMILES string of the molecule is CCn1nc(C)c([N+](=O)[O-])c1NCC(C)(C)CN(C)C. The first kappa shape index (κ1) is 16.4. The maximum Gasteiger partial charge on any atom is 0.333 e. The standard InChI is InChI=1S/C13H25N5O2/c1-7-17-12(11(18(19)20)10(2)15-17)14-8-13(3,4)9-16(5)6/h14H,7-9H2,1-6H3. The number of hydrogen-bond acceptors (Lipinski definition) is 5. The Morgan fingerprint density at radius 3 is 2.50 bits per heavy atom. The van der Waals surface area contributed by atoms with Crippen LogP contribution in [0.5, 0.6) is 0 Å². The summed E-state index contributed by atoms with van der Waals surface area (Å²) in [6.07, 6.45) is 0. The molecule has 20 heavy (non-hydrogen) atoms. The lowest BCUT2D eigenvalue weighted by atomic mass is 9.93. The van der Waals surface area contributed by atoms with E-state index < -0.39 is 0 Å². The third-order valence-electron chi connectivity index (χ3n) is 3.06. The van der Waals surface area contributed by atoms with Gasteiger partial charge < -0.3 is 10.2 Å². The van der Waals surface area contributed by atoms with Crippen molar-refractivity contribution < 1.29 is 4.92 Å². The second kappa shape index (κ2) is 6.21.